The summed E-state index contributed by atoms with van der Waals surface area (Å²) in [6, 6.07) is 6.85. The van der Waals surface area contributed by atoms with Crippen LogP contribution in [0.4, 0.5) is 0 Å². The van der Waals surface area contributed by atoms with Crippen molar-refractivity contribution in [1.82, 2.24) is 4.98 Å². The van der Waals surface area contributed by atoms with Crippen LogP contribution in [0, 0.1) is 6.92 Å². The Balaban J connectivity index is 1.79. The summed E-state index contributed by atoms with van der Waals surface area (Å²) in [6.07, 6.45) is 2.98. The summed E-state index contributed by atoms with van der Waals surface area (Å²) >= 11 is 1.57. The molecule has 1 atom stereocenters. The Kier molecular flexibility index (Phi) is 5.05. The number of aromatic nitrogens is 1. The van der Waals surface area contributed by atoms with Gasteiger partial charge in [0, 0.05) is 12.2 Å². The Hall–Kier alpha value is -1.76. The quantitative estimate of drug-likeness (QED) is 0.900. The normalized spacial score (nSPS) is 18.0. The molecule has 0 saturated carbocycles. The third-order valence-electron chi connectivity index (χ3n) is 3.73. The summed E-state index contributed by atoms with van der Waals surface area (Å²) in [4.78, 5) is 16.7. The zero-order chi connectivity index (χ0) is 16.2. The first kappa shape index (κ1) is 16.1. The van der Waals surface area contributed by atoms with Gasteiger partial charge in [-0.05, 0) is 38.3 Å². The first-order chi connectivity index (χ1) is 11.1. The Morgan fingerprint density at radius 3 is 3.09 bits per heavy atom. The summed E-state index contributed by atoms with van der Waals surface area (Å²) in [5.74, 6) is -0.938. The van der Waals surface area contributed by atoms with Crippen molar-refractivity contribution in [2.45, 2.75) is 39.1 Å². The maximum Gasteiger partial charge on any atom is 0.335 e. The number of thiazole rings is 1. The summed E-state index contributed by atoms with van der Waals surface area (Å²) in [7, 11) is 0. The second-order valence-corrected chi connectivity index (χ2v) is 6.79. The molecule has 0 aliphatic carbocycles. The van der Waals surface area contributed by atoms with Crippen molar-refractivity contribution in [3.63, 3.8) is 0 Å². The third kappa shape index (κ3) is 3.96. The molecule has 2 heterocycles. The summed E-state index contributed by atoms with van der Waals surface area (Å²) in [5.41, 5.74) is 1.86. The maximum atomic E-state index is 11.1. The second kappa shape index (κ2) is 7.21. The monoisotopic (exact) mass is 333 g/mol. The SMILES string of the molecule is Cc1nc(-c2cccc(C(=O)O)c2)c(COC2CCCCO2)s1. The molecule has 1 aliphatic heterocycles. The standard InChI is InChI=1S/C17H19NO4S/c1-11-18-16(12-5-4-6-13(9-12)17(19)20)14(23-11)10-22-15-7-2-3-8-21-15/h4-6,9,15H,2-3,7-8,10H2,1H3,(H,19,20). The molecule has 1 aliphatic rings. The molecule has 122 valence electrons. The molecular weight excluding hydrogens is 314 g/mol. The van der Waals surface area contributed by atoms with Crippen LogP contribution < -0.4 is 0 Å². The number of carbonyl (C=O) groups is 1. The van der Waals surface area contributed by atoms with E-state index in [-0.39, 0.29) is 11.9 Å². The lowest BCUT2D eigenvalue weighted by molar-refractivity contribution is -0.168. The molecule has 3 rings (SSSR count). The van der Waals surface area contributed by atoms with Crippen LogP contribution >= 0.6 is 11.3 Å². The number of hydrogen-bond donors (Lipinski definition) is 1. The summed E-state index contributed by atoms with van der Waals surface area (Å²) in [5, 5.41) is 10.1. The van der Waals surface area contributed by atoms with Gasteiger partial charge in [-0.1, -0.05) is 12.1 Å². The van der Waals surface area contributed by atoms with E-state index < -0.39 is 5.97 Å². The molecule has 0 amide bonds. The van der Waals surface area contributed by atoms with Crippen LogP contribution in [0.3, 0.4) is 0 Å². The molecule has 6 heteroatoms. The fourth-order valence-electron chi connectivity index (χ4n) is 2.60. The van der Waals surface area contributed by atoms with E-state index >= 15 is 0 Å². The molecule has 23 heavy (non-hydrogen) atoms. The number of carboxylic acids is 1. The smallest absolute Gasteiger partial charge is 0.335 e. The van der Waals surface area contributed by atoms with Crippen LogP contribution in [-0.2, 0) is 16.1 Å². The number of hydrogen-bond acceptors (Lipinski definition) is 5. The van der Waals surface area contributed by atoms with Crippen molar-refractivity contribution in [1.29, 1.82) is 0 Å². The maximum absolute atomic E-state index is 11.1. The van der Waals surface area contributed by atoms with E-state index in [4.69, 9.17) is 14.6 Å². The number of aryl methyl sites for hydroxylation is 1. The highest BCUT2D eigenvalue weighted by Crippen LogP contribution is 2.30. The molecule has 1 aromatic carbocycles. The van der Waals surface area contributed by atoms with Gasteiger partial charge in [0.05, 0.1) is 27.7 Å². The highest BCUT2D eigenvalue weighted by molar-refractivity contribution is 7.12. The van der Waals surface area contributed by atoms with Gasteiger partial charge in [-0.3, -0.25) is 0 Å². The van der Waals surface area contributed by atoms with Crippen molar-refractivity contribution in [3.8, 4) is 11.3 Å². The molecule has 2 aromatic rings. The van der Waals surface area contributed by atoms with Crippen molar-refractivity contribution >= 4 is 17.3 Å². The van der Waals surface area contributed by atoms with Crippen LogP contribution in [0.25, 0.3) is 11.3 Å². The van der Waals surface area contributed by atoms with Gasteiger partial charge in [0.1, 0.15) is 0 Å². The molecule has 0 radical (unpaired) electrons. The first-order valence-corrected chi connectivity index (χ1v) is 8.48. The highest BCUT2D eigenvalue weighted by Gasteiger charge is 2.18. The molecular formula is C17H19NO4S. The van der Waals surface area contributed by atoms with Crippen LogP contribution in [0.5, 0.6) is 0 Å². The van der Waals surface area contributed by atoms with E-state index in [1.807, 2.05) is 13.0 Å². The topological polar surface area (TPSA) is 68.7 Å². The van der Waals surface area contributed by atoms with E-state index in [9.17, 15) is 4.79 Å². The van der Waals surface area contributed by atoms with Crippen molar-refractivity contribution in [2.75, 3.05) is 6.61 Å². The number of carboxylic acid groups (broad SMARTS) is 1. The zero-order valence-corrected chi connectivity index (χ0v) is 13.8. The number of rotatable bonds is 5. The van der Waals surface area contributed by atoms with Gasteiger partial charge in [-0.2, -0.15) is 0 Å². The molecule has 1 saturated heterocycles. The number of benzene rings is 1. The zero-order valence-electron chi connectivity index (χ0n) is 12.9. The largest absolute Gasteiger partial charge is 0.478 e. The van der Waals surface area contributed by atoms with Crippen LogP contribution in [-0.4, -0.2) is 29.0 Å². The van der Waals surface area contributed by atoms with E-state index in [0.29, 0.717) is 6.61 Å². The summed E-state index contributed by atoms with van der Waals surface area (Å²) in [6.45, 7) is 3.12. The molecule has 1 aromatic heterocycles. The summed E-state index contributed by atoms with van der Waals surface area (Å²) < 4.78 is 11.4. The average Bonchev–Trinajstić information content (AvgIpc) is 2.95. The molecule has 0 bridgehead atoms. The molecule has 5 nitrogen and oxygen atoms in total. The van der Waals surface area contributed by atoms with Crippen molar-refractivity contribution in [2.24, 2.45) is 0 Å². The Labute approximate surface area is 138 Å². The van der Waals surface area contributed by atoms with Gasteiger partial charge in [-0.25, -0.2) is 9.78 Å². The molecule has 1 N–H and O–H groups in total. The van der Waals surface area contributed by atoms with Crippen LogP contribution in [0.2, 0.25) is 0 Å². The second-order valence-electron chi connectivity index (χ2n) is 5.50. The van der Waals surface area contributed by atoms with Gasteiger partial charge < -0.3 is 14.6 Å². The average molecular weight is 333 g/mol. The van der Waals surface area contributed by atoms with Gasteiger partial charge >= 0.3 is 5.97 Å². The molecule has 0 spiro atoms. The lowest BCUT2D eigenvalue weighted by Gasteiger charge is -2.22. The highest BCUT2D eigenvalue weighted by atomic mass is 32.1. The van der Waals surface area contributed by atoms with Crippen molar-refractivity contribution in [3.05, 3.63) is 39.7 Å². The Morgan fingerprint density at radius 1 is 1.48 bits per heavy atom. The predicted octanol–water partition coefficient (Wildman–Crippen LogP) is 3.86. The fourth-order valence-corrected chi connectivity index (χ4v) is 3.48. The van der Waals surface area contributed by atoms with Crippen LogP contribution in [0.1, 0.15) is 39.5 Å². The van der Waals surface area contributed by atoms with Gasteiger partial charge in [-0.15, -0.1) is 11.3 Å². The van der Waals surface area contributed by atoms with Gasteiger partial charge in [0.15, 0.2) is 6.29 Å². The third-order valence-corrected chi connectivity index (χ3v) is 4.67. The van der Waals surface area contributed by atoms with E-state index in [1.165, 1.54) is 0 Å². The lowest BCUT2D eigenvalue weighted by atomic mass is 10.1. The Bertz CT molecular complexity index is 692. The van der Waals surface area contributed by atoms with Crippen molar-refractivity contribution < 1.29 is 19.4 Å². The minimum atomic E-state index is -0.938. The minimum Gasteiger partial charge on any atom is -0.478 e. The van der Waals surface area contributed by atoms with Crippen LogP contribution in [0.15, 0.2) is 24.3 Å². The lowest BCUT2D eigenvalue weighted by Crippen LogP contribution is -2.21. The van der Waals surface area contributed by atoms with Gasteiger partial charge in [0.2, 0.25) is 0 Å². The van der Waals surface area contributed by atoms with E-state index in [1.54, 1.807) is 29.5 Å². The predicted molar refractivity (Wildman–Crippen MR) is 87.6 cm³/mol. The molecule has 1 unspecified atom stereocenters. The number of aromatic carboxylic acids is 1. The molecule has 1 fully saturated rings. The number of ether oxygens (including phenoxy) is 2. The van der Waals surface area contributed by atoms with E-state index in [2.05, 4.69) is 4.98 Å². The Morgan fingerprint density at radius 2 is 2.35 bits per heavy atom. The fraction of sp³-hybridized carbons (Fsp3) is 0.412. The van der Waals surface area contributed by atoms with Gasteiger partial charge in [0.25, 0.3) is 0 Å². The van der Waals surface area contributed by atoms with E-state index in [0.717, 1.165) is 47.0 Å². The number of nitrogens with zero attached hydrogens (tertiary/aromatic N) is 1. The first-order valence-electron chi connectivity index (χ1n) is 7.67. The minimum absolute atomic E-state index is 0.149.